The van der Waals surface area contributed by atoms with Crippen LogP contribution in [0.15, 0.2) is 65.6 Å². The second-order valence-corrected chi connectivity index (χ2v) is 11.5. The SMILES string of the molecule is Nc1ccc(C(=O)N2CCC(CC(=O)Nc3ccc4cc3CCC3C=NC=C(C3)Nc3ncc(Cl)c(n3)N4)CC2)cc1. The maximum absolute atomic E-state index is 13.2. The summed E-state index contributed by atoms with van der Waals surface area (Å²) in [5, 5.41) is 10.1. The van der Waals surface area contributed by atoms with Crippen molar-refractivity contribution in [2.45, 2.75) is 38.5 Å². The van der Waals surface area contributed by atoms with E-state index in [1.807, 2.05) is 29.3 Å². The molecular formula is C31H33ClN8O2. The Hall–Kier alpha value is -4.44. The molecule has 2 amide bonds. The van der Waals surface area contributed by atoms with E-state index in [9.17, 15) is 9.59 Å². The number of fused-ring (bicyclic) bond motifs is 6. The smallest absolute Gasteiger partial charge is 0.253 e. The van der Waals surface area contributed by atoms with Crippen LogP contribution in [-0.4, -0.2) is 46.0 Å². The van der Waals surface area contributed by atoms with Gasteiger partial charge in [-0.05, 0) is 86.1 Å². The van der Waals surface area contributed by atoms with Crippen LogP contribution in [0.5, 0.6) is 0 Å². The summed E-state index contributed by atoms with van der Waals surface area (Å²) in [6, 6.07) is 12.9. The van der Waals surface area contributed by atoms with E-state index in [1.165, 1.54) is 0 Å². The number of nitrogens with zero attached hydrogens (tertiary/aromatic N) is 4. The minimum atomic E-state index is -0.0182. The van der Waals surface area contributed by atoms with Crippen molar-refractivity contribution in [3.8, 4) is 0 Å². The minimum Gasteiger partial charge on any atom is -0.399 e. The van der Waals surface area contributed by atoms with Crippen LogP contribution in [0.3, 0.4) is 0 Å². The normalized spacial score (nSPS) is 18.4. The Morgan fingerprint density at radius 2 is 1.88 bits per heavy atom. The molecule has 0 saturated carbocycles. The summed E-state index contributed by atoms with van der Waals surface area (Å²) in [7, 11) is 0. The van der Waals surface area contributed by atoms with Gasteiger partial charge in [-0.2, -0.15) is 4.98 Å². The highest BCUT2D eigenvalue weighted by Crippen LogP contribution is 2.31. The Morgan fingerprint density at radius 1 is 1.07 bits per heavy atom. The Morgan fingerprint density at radius 3 is 2.69 bits per heavy atom. The van der Waals surface area contributed by atoms with Gasteiger partial charge in [0.15, 0.2) is 5.82 Å². The lowest BCUT2D eigenvalue weighted by atomic mass is 9.92. The van der Waals surface area contributed by atoms with Gasteiger partial charge in [-0.3, -0.25) is 14.6 Å². The number of piperidine rings is 1. The zero-order valence-electron chi connectivity index (χ0n) is 23.1. The van der Waals surface area contributed by atoms with Gasteiger partial charge in [0.05, 0.1) is 6.20 Å². The molecule has 216 valence electrons. The van der Waals surface area contributed by atoms with Gasteiger partial charge in [0.25, 0.3) is 5.91 Å². The number of hydrogen-bond donors (Lipinski definition) is 4. The number of carbonyl (C=O) groups is 2. The topological polar surface area (TPSA) is 138 Å². The summed E-state index contributed by atoms with van der Waals surface area (Å²) in [6.07, 6.45) is 9.75. The standard InChI is InChI=1S/C31H33ClN8O2/c32-26-18-35-31-37-25-13-20(16-34-17-25)1-2-22-15-24(36-29(26)39-31)7-8-27(22)38-28(41)14-19-9-11-40(12-10-19)30(42)21-3-5-23(33)6-4-21/h3-8,15-20H,1-2,9-14,33H2,(H,38,41)(H2,35,36,37,39). The van der Waals surface area contributed by atoms with Crippen molar-refractivity contribution in [2.75, 3.05) is 34.8 Å². The van der Waals surface area contributed by atoms with Gasteiger partial charge < -0.3 is 26.6 Å². The van der Waals surface area contributed by atoms with Gasteiger partial charge in [0.2, 0.25) is 11.9 Å². The zero-order valence-corrected chi connectivity index (χ0v) is 23.9. The number of halogens is 1. The Labute approximate surface area is 249 Å². The highest BCUT2D eigenvalue weighted by Gasteiger charge is 2.26. The second-order valence-electron chi connectivity index (χ2n) is 11.1. The molecule has 3 aliphatic heterocycles. The van der Waals surface area contributed by atoms with Gasteiger partial charge in [0, 0.05) is 66.2 Å². The van der Waals surface area contributed by atoms with Crippen molar-refractivity contribution in [1.29, 1.82) is 0 Å². The van der Waals surface area contributed by atoms with Crippen LogP contribution in [0.25, 0.3) is 0 Å². The van der Waals surface area contributed by atoms with Crippen molar-refractivity contribution >= 4 is 58.5 Å². The number of hydrogen-bond acceptors (Lipinski definition) is 8. The van der Waals surface area contributed by atoms with E-state index >= 15 is 0 Å². The fourth-order valence-electron chi connectivity index (χ4n) is 5.65. The van der Waals surface area contributed by atoms with Crippen molar-refractivity contribution in [3.05, 3.63) is 76.7 Å². The molecule has 5 N–H and O–H groups in total. The minimum absolute atomic E-state index is 0.00693. The molecule has 1 atom stereocenters. The van der Waals surface area contributed by atoms with Crippen LogP contribution >= 0.6 is 11.6 Å². The lowest BCUT2D eigenvalue weighted by Crippen LogP contribution is -2.39. The molecule has 3 aromatic rings. The van der Waals surface area contributed by atoms with Crippen LogP contribution in [0.1, 0.15) is 48.0 Å². The Kier molecular flexibility index (Phi) is 8.05. The largest absolute Gasteiger partial charge is 0.399 e. The van der Waals surface area contributed by atoms with E-state index in [1.54, 1.807) is 36.7 Å². The van der Waals surface area contributed by atoms with Gasteiger partial charge in [-0.1, -0.05) is 11.6 Å². The van der Waals surface area contributed by atoms with Crippen LogP contribution in [-0.2, 0) is 11.2 Å². The molecule has 11 heteroatoms. The molecule has 0 radical (unpaired) electrons. The highest BCUT2D eigenvalue weighted by molar-refractivity contribution is 6.32. The van der Waals surface area contributed by atoms with Crippen molar-refractivity contribution in [3.63, 3.8) is 0 Å². The molecule has 42 heavy (non-hydrogen) atoms. The molecule has 1 unspecified atom stereocenters. The Balaban J connectivity index is 1.12. The molecule has 4 heterocycles. The predicted octanol–water partition coefficient (Wildman–Crippen LogP) is 5.63. The molecule has 6 rings (SSSR count). The summed E-state index contributed by atoms with van der Waals surface area (Å²) in [4.78, 5) is 41.2. The van der Waals surface area contributed by atoms with Gasteiger partial charge in [-0.25, -0.2) is 4.98 Å². The molecule has 1 aromatic heterocycles. The van der Waals surface area contributed by atoms with Crippen molar-refractivity contribution in [1.82, 2.24) is 14.9 Å². The molecular weight excluding hydrogens is 552 g/mol. The van der Waals surface area contributed by atoms with E-state index in [-0.39, 0.29) is 23.7 Å². The zero-order chi connectivity index (χ0) is 29.1. The number of nitrogens with one attached hydrogen (secondary N) is 3. The first-order valence-corrected chi connectivity index (χ1v) is 14.6. The number of anilines is 5. The third-order valence-electron chi connectivity index (χ3n) is 7.99. The maximum atomic E-state index is 13.2. The van der Waals surface area contributed by atoms with Gasteiger partial charge in [-0.15, -0.1) is 0 Å². The molecule has 0 aliphatic carbocycles. The fourth-order valence-corrected chi connectivity index (χ4v) is 5.79. The molecule has 1 saturated heterocycles. The number of aryl methyl sites for hydroxylation is 1. The van der Waals surface area contributed by atoms with E-state index in [0.29, 0.717) is 47.6 Å². The summed E-state index contributed by atoms with van der Waals surface area (Å²) < 4.78 is 0. The molecule has 1 fully saturated rings. The molecule has 3 aliphatic rings. The third kappa shape index (κ3) is 6.54. The molecule has 0 spiro atoms. The van der Waals surface area contributed by atoms with E-state index in [4.69, 9.17) is 17.3 Å². The number of aliphatic imine (C=N–C) groups is 1. The average molecular weight is 585 g/mol. The first-order chi connectivity index (χ1) is 20.4. The van der Waals surface area contributed by atoms with Crippen molar-refractivity contribution < 1.29 is 9.59 Å². The number of carbonyl (C=O) groups excluding carboxylic acids is 2. The summed E-state index contributed by atoms with van der Waals surface area (Å²) in [5.74, 6) is 1.40. The van der Waals surface area contributed by atoms with Crippen molar-refractivity contribution in [2.24, 2.45) is 16.8 Å². The maximum Gasteiger partial charge on any atom is 0.253 e. The van der Waals surface area contributed by atoms with E-state index in [0.717, 1.165) is 54.7 Å². The third-order valence-corrected chi connectivity index (χ3v) is 8.26. The number of allylic oxidation sites excluding steroid dienone is 1. The molecule has 10 nitrogen and oxygen atoms in total. The quantitative estimate of drug-likeness (QED) is 0.292. The predicted molar refractivity (Wildman–Crippen MR) is 166 cm³/mol. The Bertz CT molecular complexity index is 1550. The summed E-state index contributed by atoms with van der Waals surface area (Å²) in [5.41, 5.74) is 10.6. The van der Waals surface area contributed by atoms with E-state index < -0.39 is 0 Å². The van der Waals surface area contributed by atoms with Crippen LogP contribution < -0.4 is 21.7 Å². The lowest BCUT2D eigenvalue weighted by Gasteiger charge is -2.32. The number of benzene rings is 2. The molecule has 6 bridgehead atoms. The van der Waals surface area contributed by atoms with E-state index in [2.05, 4.69) is 30.9 Å². The first-order valence-electron chi connectivity index (χ1n) is 14.3. The summed E-state index contributed by atoms with van der Waals surface area (Å²) in [6.45, 7) is 1.27. The van der Waals surface area contributed by atoms with Crippen LogP contribution in [0.2, 0.25) is 5.02 Å². The van der Waals surface area contributed by atoms with Crippen LogP contribution in [0.4, 0.5) is 28.8 Å². The number of likely N-dealkylation sites (tertiary alicyclic amines) is 1. The number of rotatable bonds is 4. The first kappa shape index (κ1) is 27.7. The summed E-state index contributed by atoms with van der Waals surface area (Å²) >= 11 is 6.39. The highest BCUT2D eigenvalue weighted by atomic mass is 35.5. The number of nitrogen functional groups attached to an aromatic ring is 1. The fraction of sp³-hybridized carbons (Fsp3) is 0.323. The monoisotopic (exact) mass is 584 g/mol. The number of aromatic nitrogens is 2. The lowest BCUT2D eigenvalue weighted by molar-refractivity contribution is -0.117. The van der Waals surface area contributed by atoms with Gasteiger partial charge in [0.1, 0.15) is 5.02 Å². The average Bonchev–Trinajstić information content (AvgIpc) is 2.99. The van der Waals surface area contributed by atoms with Gasteiger partial charge >= 0.3 is 0 Å². The molecule has 2 aromatic carbocycles. The number of nitrogens with two attached hydrogens (primary N) is 1. The number of amides is 2. The second kappa shape index (κ2) is 12.2. The van der Waals surface area contributed by atoms with Crippen LogP contribution in [0, 0.1) is 11.8 Å².